The van der Waals surface area contributed by atoms with E-state index in [0.29, 0.717) is 16.6 Å². The van der Waals surface area contributed by atoms with Crippen LogP contribution in [0.1, 0.15) is 17.3 Å². The Balaban J connectivity index is 2.32. The van der Waals surface area contributed by atoms with Gasteiger partial charge < -0.3 is 9.30 Å². The van der Waals surface area contributed by atoms with Crippen LogP contribution in [0, 0.1) is 10.1 Å². The third-order valence-electron chi connectivity index (χ3n) is 3.73. The molecule has 0 aliphatic heterocycles. The quantitative estimate of drug-likeness (QED) is 0.414. The lowest BCUT2D eigenvalue weighted by molar-refractivity contribution is -0.384. The molecule has 0 fully saturated rings. The maximum Gasteiger partial charge on any atom is 0.343 e. The van der Waals surface area contributed by atoms with E-state index in [1.54, 1.807) is 47.9 Å². The molecule has 0 aliphatic carbocycles. The Bertz CT molecular complexity index is 1040. The molecule has 2 aromatic carbocycles. The molecule has 25 heavy (non-hydrogen) atoms. The van der Waals surface area contributed by atoms with Crippen molar-refractivity contribution in [3.8, 4) is 5.69 Å². The first kappa shape index (κ1) is 16.4. The molecule has 0 bridgehead atoms. The van der Waals surface area contributed by atoms with Crippen molar-refractivity contribution in [2.45, 2.75) is 6.92 Å². The van der Waals surface area contributed by atoms with Crippen molar-refractivity contribution in [3.63, 3.8) is 0 Å². The predicted octanol–water partition coefficient (Wildman–Crippen LogP) is 3.08. The fraction of sp³-hybridized carbons (Fsp3) is 0.111. The second kappa shape index (κ2) is 6.56. The van der Waals surface area contributed by atoms with E-state index < -0.39 is 16.3 Å². The van der Waals surface area contributed by atoms with Crippen LogP contribution in [0.25, 0.3) is 16.6 Å². The number of nitro benzene ring substituents is 1. The number of para-hydroxylation sites is 1. The van der Waals surface area contributed by atoms with Gasteiger partial charge in [-0.15, -0.1) is 0 Å². The highest BCUT2D eigenvalue weighted by atomic mass is 16.6. The lowest BCUT2D eigenvalue weighted by atomic mass is 10.1. The van der Waals surface area contributed by atoms with E-state index in [2.05, 4.69) is 0 Å². The van der Waals surface area contributed by atoms with Crippen LogP contribution in [-0.2, 0) is 4.74 Å². The second-order valence-corrected chi connectivity index (χ2v) is 5.26. The summed E-state index contributed by atoms with van der Waals surface area (Å²) < 4.78 is 6.53. The van der Waals surface area contributed by atoms with Gasteiger partial charge in [0, 0.05) is 23.7 Å². The number of hydrogen-bond acceptors (Lipinski definition) is 5. The van der Waals surface area contributed by atoms with E-state index in [1.807, 2.05) is 0 Å². The van der Waals surface area contributed by atoms with E-state index in [-0.39, 0.29) is 17.9 Å². The van der Waals surface area contributed by atoms with E-state index in [0.717, 1.165) is 0 Å². The van der Waals surface area contributed by atoms with Crippen LogP contribution in [0.5, 0.6) is 0 Å². The molecule has 0 unspecified atom stereocenters. The Morgan fingerprint density at radius 1 is 1.20 bits per heavy atom. The topological polar surface area (TPSA) is 91.4 Å². The van der Waals surface area contributed by atoms with Crippen LogP contribution in [0.15, 0.2) is 59.5 Å². The number of carbonyl (C=O) groups excluding carboxylic acids is 1. The smallest absolute Gasteiger partial charge is 0.343 e. The average Bonchev–Trinajstić information content (AvgIpc) is 2.62. The molecule has 1 aromatic heterocycles. The van der Waals surface area contributed by atoms with Gasteiger partial charge in [-0.25, -0.2) is 4.79 Å². The molecule has 0 radical (unpaired) electrons. The maximum atomic E-state index is 12.6. The number of nitrogens with zero attached hydrogens (tertiary/aromatic N) is 2. The highest BCUT2D eigenvalue weighted by Gasteiger charge is 2.17. The molecule has 0 spiro atoms. The Morgan fingerprint density at radius 2 is 1.96 bits per heavy atom. The third kappa shape index (κ3) is 2.99. The van der Waals surface area contributed by atoms with Crippen molar-refractivity contribution < 1.29 is 14.5 Å². The van der Waals surface area contributed by atoms with Gasteiger partial charge in [0.2, 0.25) is 5.43 Å². The minimum Gasteiger partial charge on any atom is -0.462 e. The van der Waals surface area contributed by atoms with Crippen molar-refractivity contribution in [2.75, 3.05) is 6.61 Å². The van der Waals surface area contributed by atoms with Crippen molar-refractivity contribution in [3.05, 3.63) is 80.6 Å². The molecule has 1 heterocycles. The van der Waals surface area contributed by atoms with Crippen LogP contribution in [-0.4, -0.2) is 22.1 Å². The number of rotatable bonds is 4. The number of non-ortho nitro benzene ring substituents is 1. The average molecular weight is 338 g/mol. The van der Waals surface area contributed by atoms with E-state index in [4.69, 9.17) is 4.74 Å². The Hall–Kier alpha value is -3.48. The predicted molar refractivity (Wildman–Crippen MR) is 92.2 cm³/mol. The molecule has 0 aliphatic rings. The zero-order valence-electron chi connectivity index (χ0n) is 13.3. The number of ether oxygens (including phenoxy) is 1. The van der Waals surface area contributed by atoms with Crippen LogP contribution >= 0.6 is 0 Å². The summed E-state index contributed by atoms with van der Waals surface area (Å²) >= 11 is 0. The Morgan fingerprint density at radius 3 is 2.68 bits per heavy atom. The lowest BCUT2D eigenvalue weighted by Crippen LogP contribution is -2.20. The molecule has 7 heteroatoms. The molecule has 0 atom stereocenters. The number of esters is 1. The van der Waals surface area contributed by atoms with Gasteiger partial charge in [0.25, 0.3) is 5.69 Å². The normalized spacial score (nSPS) is 10.6. The fourth-order valence-electron chi connectivity index (χ4n) is 2.60. The van der Waals surface area contributed by atoms with Crippen LogP contribution in [0.2, 0.25) is 0 Å². The summed E-state index contributed by atoms with van der Waals surface area (Å²) in [4.78, 5) is 35.2. The highest BCUT2D eigenvalue weighted by molar-refractivity contribution is 5.94. The number of fused-ring (bicyclic) bond motifs is 1. The molecular weight excluding hydrogens is 324 g/mol. The van der Waals surface area contributed by atoms with Crippen molar-refractivity contribution >= 4 is 22.6 Å². The number of pyridine rings is 1. The van der Waals surface area contributed by atoms with E-state index >= 15 is 0 Å². The van der Waals surface area contributed by atoms with E-state index in [1.165, 1.54) is 18.3 Å². The summed E-state index contributed by atoms with van der Waals surface area (Å²) in [5.74, 6) is -0.725. The Kier molecular flexibility index (Phi) is 4.30. The zero-order valence-corrected chi connectivity index (χ0v) is 13.3. The first-order valence-electron chi connectivity index (χ1n) is 7.59. The third-order valence-corrected chi connectivity index (χ3v) is 3.73. The highest BCUT2D eigenvalue weighted by Crippen LogP contribution is 2.21. The minimum atomic E-state index is -0.725. The van der Waals surface area contributed by atoms with Gasteiger partial charge >= 0.3 is 5.97 Å². The fourth-order valence-corrected chi connectivity index (χ4v) is 2.60. The zero-order chi connectivity index (χ0) is 18.0. The minimum absolute atomic E-state index is 0.0852. The van der Waals surface area contributed by atoms with Gasteiger partial charge in [-0.3, -0.25) is 14.9 Å². The largest absolute Gasteiger partial charge is 0.462 e. The summed E-state index contributed by atoms with van der Waals surface area (Å²) in [5.41, 5.74) is 0.373. The summed E-state index contributed by atoms with van der Waals surface area (Å²) in [6.45, 7) is 1.79. The Labute approximate surface area is 142 Å². The summed E-state index contributed by atoms with van der Waals surface area (Å²) in [6, 6.07) is 12.7. The molecule has 0 saturated heterocycles. The van der Waals surface area contributed by atoms with Crippen LogP contribution in [0.4, 0.5) is 5.69 Å². The van der Waals surface area contributed by atoms with Crippen molar-refractivity contribution in [1.29, 1.82) is 0 Å². The number of hydrogen-bond donors (Lipinski definition) is 0. The number of benzene rings is 2. The standard InChI is InChI=1S/C18H14N2O5/c1-2-25-18(22)15-11-19(12-6-5-7-13(10-12)20(23)24)16-9-4-3-8-14(16)17(15)21/h3-11H,2H2,1H3. The summed E-state index contributed by atoms with van der Waals surface area (Å²) in [7, 11) is 0. The molecule has 0 saturated carbocycles. The van der Waals surface area contributed by atoms with Crippen LogP contribution < -0.4 is 5.43 Å². The molecular formula is C18H14N2O5. The van der Waals surface area contributed by atoms with Crippen molar-refractivity contribution in [2.24, 2.45) is 0 Å². The summed E-state index contributed by atoms with van der Waals surface area (Å²) in [6.07, 6.45) is 1.36. The maximum absolute atomic E-state index is 12.6. The number of nitro groups is 1. The molecule has 3 rings (SSSR count). The van der Waals surface area contributed by atoms with Gasteiger partial charge in [-0.1, -0.05) is 18.2 Å². The van der Waals surface area contributed by atoms with Gasteiger partial charge in [-0.05, 0) is 25.1 Å². The monoisotopic (exact) mass is 338 g/mol. The molecule has 3 aromatic rings. The molecule has 7 nitrogen and oxygen atoms in total. The number of aromatic nitrogens is 1. The first-order chi connectivity index (χ1) is 12.0. The summed E-state index contributed by atoms with van der Waals surface area (Å²) in [5, 5.41) is 11.4. The molecule has 0 amide bonds. The van der Waals surface area contributed by atoms with Crippen LogP contribution in [0.3, 0.4) is 0 Å². The first-order valence-corrected chi connectivity index (χ1v) is 7.59. The second-order valence-electron chi connectivity index (χ2n) is 5.26. The number of carbonyl (C=O) groups is 1. The molecule has 0 N–H and O–H groups in total. The van der Waals surface area contributed by atoms with Gasteiger partial charge in [0.15, 0.2) is 0 Å². The van der Waals surface area contributed by atoms with Crippen molar-refractivity contribution in [1.82, 2.24) is 4.57 Å². The SMILES string of the molecule is CCOC(=O)c1cn(-c2cccc([N+](=O)[O-])c2)c2ccccc2c1=O. The van der Waals surface area contributed by atoms with Gasteiger partial charge in [0.1, 0.15) is 5.56 Å². The van der Waals surface area contributed by atoms with Gasteiger partial charge in [0.05, 0.1) is 22.7 Å². The lowest BCUT2D eigenvalue weighted by Gasteiger charge is -2.13. The molecule has 126 valence electrons. The van der Waals surface area contributed by atoms with E-state index in [9.17, 15) is 19.7 Å². The van der Waals surface area contributed by atoms with Gasteiger partial charge in [-0.2, -0.15) is 0 Å².